The van der Waals surface area contributed by atoms with Crippen molar-refractivity contribution < 1.29 is 4.74 Å². The van der Waals surface area contributed by atoms with Crippen LogP contribution in [0.15, 0.2) is 42.9 Å². The van der Waals surface area contributed by atoms with Gasteiger partial charge < -0.3 is 4.74 Å². The van der Waals surface area contributed by atoms with Crippen molar-refractivity contribution in [1.29, 1.82) is 0 Å². The fourth-order valence-electron chi connectivity index (χ4n) is 3.88. The predicted octanol–water partition coefficient (Wildman–Crippen LogP) is 3.70. The number of hydrogen-bond donors (Lipinski definition) is 0. The van der Waals surface area contributed by atoms with E-state index in [9.17, 15) is 0 Å². The van der Waals surface area contributed by atoms with E-state index in [1.165, 1.54) is 18.4 Å². The molecule has 2 bridgehead atoms. The highest BCUT2D eigenvalue weighted by Crippen LogP contribution is 2.38. The zero-order valence-electron chi connectivity index (χ0n) is 12.9. The van der Waals surface area contributed by atoms with E-state index in [1.54, 1.807) is 6.20 Å². The molecular formula is C18H20ClN3O. The monoisotopic (exact) mass is 329 g/mol. The number of aromatic nitrogens is 2. The van der Waals surface area contributed by atoms with E-state index >= 15 is 0 Å². The number of halogens is 1. The summed E-state index contributed by atoms with van der Waals surface area (Å²) >= 11 is 5.88. The molecule has 4 heterocycles. The van der Waals surface area contributed by atoms with Gasteiger partial charge in [0.1, 0.15) is 6.10 Å². The molecule has 2 fully saturated rings. The molecule has 2 aromatic heterocycles. The van der Waals surface area contributed by atoms with E-state index in [0.717, 1.165) is 19.4 Å². The Balaban J connectivity index is 1.40. The van der Waals surface area contributed by atoms with Crippen LogP contribution in [-0.4, -0.2) is 33.1 Å². The maximum Gasteiger partial charge on any atom is 0.213 e. The third-order valence-electron chi connectivity index (χ3n) is 4.94. The van der Waals surface area contributed by atoms with Gasteiger partial charge in [0.2, 0.25) is 5.88 Å². The second-order valence-electron chi connectivity index (χ2n) is 6.44. The van der Waals surface area contributed by atoms with Crippen LogP contribution >= 0.6 is 11.6 Å². The Kier molecular flexibility index (Phi) is 4.19. The fraction of sp³-hybridized carbons (Fsp3) is 0.444. The highest BCUT2D eigenvalue weighted by Gasteiger charge is 2.41. The largest absolute Gasteiger partial charge is 0.474 e. The zero-order valence-corrected chi connectivity index (χ0v) is 13.7. The topological polar surface area (TPSA) is 38.2 Å². The maximum atomic E-state index is 6.08. The van der Waals surface area contributed by atoms with Gasteiger partial charge in [0, 0.05) is 43.3 Å². The lowest BCUT2D eigenvalue weighted by Gasteiger charge is -2.38. The van der Waals surface area contributed by atoms with E-state index in [0.29, 0.717) is 23.0 Å². The van der Waals surface area contributed by atoms with Crippen LogP contribution in [0.4, 0.5) is 0 Å². The standard InChI is InChI=1S/C18H20ClN3O/c19-14-1-4-18(21-11-14)23-17-9-15-2-3-16(10-17)22(15)12-13-5-7-20-8-6-13/h1,4-8,11,15-17H,2-3,9-10,12H2. The summed E-state index contributed by atoms with van der Waals surface area (Å²) in [6.45, 7) is 1.02. The van der Waals surface area contributed by atoms with Gasteiger partial charge in [-0.2, -0.15) is 0 Å². The Morgan fingerprint density at radius 2 is 1.83 bits per heavy atom. The lowest BCUT2D eigenvalue weighted by Crippen LogP contribution is -2.45. The minimum Gasteiger partial charge on any atom is -0.474 e. The number of fused-ring (bicyclic) bond motifs is 2. The molecule has 120 valence electrons. The van der Waals surface area contributed by atoms with Crippen LogP contribution < -0.4 is 4.74 Å². The average molecular weight is 330 g/mol. The van der Waals surface area contributed by atoms with Crippen LogP contribution in [-0.2, 0) is 6.54 Å². The number of rotatable bonds is 4. The lowest BCUT2D eigenvalue weighted by atomic mass is 9.99. The molecule has 0 N–H and O–H groups in total. The Hall–Kier alpha value is -1.65. The van der Waals surface area contributed by atoms with E-state index in [1.807, 2.05) is 24.5 Å². The minimum absolute atomic E-state index is 0.259. The maximum absolute atomic E-state index is 6.08. The summed E-state index contributed by atoms with van der Waals surface area (Å²) in [6.07, 6.45) is 10.3. The van der Waals surface area contributed by atoms with E-state index < -0.39 is 0 Å². The molecule has 4 nitrogen and oxygen atoms in total. The van der Waals surface area contributed by atoms with Crippen LogP contribution in [0.5, 0.6) is 5.88 Å². The van der Waals surface area contributed by atoms with Crippen LogP contribution in [0.2, 0.25) is 5.02 Å². The highest BCUT2D eigenvalue weighted by atomic mass is 35.5. The van der Waals surface area contributed by atoms with Crippen molar-refractivity contribution in [1.82, 2.24) is 14.9 Å². The molecule has 2 atom stereocenters. The SMILES string of the molecule is Clc1ccc(OC2CC3CCC(C2)N3Cc2ccncc2)nc1. The molecule has 4 rings (SSSR count). The first-order valence-electron chi connectivity index (χ1n) is 8.21. The number of ether oxygens (including phenoxy) is 1. The second-order valence-corrected chi connectivity index (χ2v) is 6.88. The molecule has 2 saturated heterocycles. The summed E-state index contributed by atoms with van der Waals surface area (Å²) in [5.74, 6) is 0.682. The molecule has 0 spiro atoms. The van der Waals surface area contributed by atoms with Gasteiger partial charge in [-0.15, -0.1) is 0 Å². The second kappa shape index (κ2) is 6.46. The third kappa shape index (κ3) is 3.33. The van der Waals surface area contributed by atoms with Gasteiger partial charge in [0.15, 0.2) is 0 Å². The van der Waals surface area contributed by atoms with Crippen molar-refractivity contribution in [3.05, 3.63) is 53.4 Å². The molecule has 0 saturated carbocycles. The van der Waals surface area contributed by atoms with Gasteiger partial charge in [-0.1, -0.05) is 11.6 Å². The number of hydrogen-bond acceptors (Lipinski definition) is 4. The molecule has 2 aliphatic heterocycles. The first-order valence-corrected chi connectivity index (χ1v) is 8.58. The average Bonchev–Trinajstić information content (AvgIpc) is 2.81. The Bertz CT molecular complexity index is 635. The molecule has 0 amide bonds. The number of pyridine rings is 2. The van der Waals surface area contributed by atoms with Gasteiger partial charge >= 0.3 is 0 Å². The first kappa shape index (κ1) is 14.9. The van der Waals surface area contributed by atoms with Gasteiger partial charge in [-0.3, -0.25) is 9.88 Å². The van der Waals surface area contributed by atoms with Crippen molar-refractivity contribution >= 4 is 11.6 Å². The van der Waals surface area contributed by atoms with Crippen molar-refractivity contribution in [3.63, 3.8) is 0 Å². The summed E-state index contributed by atoms with van der Waals surface area (Å²) in [5, 5.41) is 0.643. The summed E-state index contributed by atoms with van der Waals surface area (Å²) < 4.78 is 6.08. The first-order chi connectivity index (χ1) is 11.3. The predicted molar refractivity (Wildman–Crippen MR) is 89.5 cm³/mol. The van der Waals surface area contributed by atoms with E-state index in [-0.39, 0.29) is 6.10 Å². The normalized spacial score (nSPS) is 27.1. The van der Waals surface area contributed by atoms with Crippen LogP contribution in [0, 0.1) is 0 Å². The quantitative estimate of drug-likeness (QED) is 0.857. The summed E-state index contributed by atoms with van der Waals surface area (Å²) in [6, 6.07) is 9.13. The summed E-state index contributed by atoms with van der Waals surface area (Å²) in [4.78, 5) is 11.0. The Labute approximate surface area is 141 Å². The van der Waals surface area contributed by atoms with Gasteiger partial charge in [-0.05, 0) is 49.4 Å². The summed E-state index contributed by atoms with van der Waals surface area (Å²) in [5.41, 5.74) is 1.34. The smallest absolute Gasteiger partial charge is 0.213 e. The molecule has 0 aliphatic carbocycles. The summed E-state index contributed by atoms with van der Waals surface area (Å²) in [7, 11) is 0. The van der Waals surface area contributed by atoms with Crippen molar-refractivity contribution in [3.8, 4) is 5.88 Å². The Morgan fingerprint density at radius 3 is 2.48 bits per heavy atom. The molecule has 0 radical (unpaired) electrons. The van der Waals surface area contributed by atoms with Crippen molar-refractivity contribution in [2.45, 2.75) is 50.4 Å². The van der Waals surface area contributed by atoms with Crippen LogP contribution in [0.25, 0.3) is 0 Å². The molecule has 2 unspecified atom stereocenters. The minimum atomic E-state index is 0.259. The van der Waals surface area contributed by atoms with Crippen LogP contribution in [0.3, 0.4) is 0 Å². The fourth-order valence-corrected chi connectivity index (χ4v) is 3.99. The highest BCUT2D eigenvalue weighted by molar-refractivity contribution is 6.30. The van der Waals surface area contributed by atoms with Gasteiger partial charge in [-0.25, -0.2) is 4.98 Å². The number of nitrogens with zero attached hydrogens (tertiary/aromatic N) is 3. The lowest BCUT2D eigenvalue weighted by molar-refractivity contribution is 0.0422. The van der Waals surface area contributed by atoms with Gasteiger partial charge in [0.05, 0.1) is 5.02 Å². The zero-order chi connectivity index (χ0) is 15.6. The van der Waals surface area contributed by atoms with Crippen LogP contribution in [0.1, 0.15) is 31.2 Å². The van der Waals surface area contributed by atoms with E-state index in [2.05, 4.69) is 27.0 Å². The Morgan fingerprint density at radius 1 is 1.09 bits per heavy atom. The van der Waals surface area contributed by atoms with Crippen molar-refractivity contribution in [2.24, 2.45) is 0 Å². The van der Waals surface area contributed by atoms with E-state index in [4.69, 9.17) is 16.3 Å². The van der Waals surface area contributed by atoms with Gasteiger partial charge in [0.25, 0.3) is 0 Å². The third-order valence-corrected chi connectivity index (χ3v) is 5.17. The number of piperidine rings is 1. The molecule has 2 aliphatic rings. The van der Waals surface area contributed by atoms with Crippen molar-refractivity contribution in [2.75, 3.05) is 0 Å². The molecule has 23 heavy (non-hydrogen) atoms. The molecule has 0 aromatic carbocycles. The molecule has 2 aromatic rings. The molecular weight excluding hydrogens is 310 g/mol. The molecule has 5 heteroatoms.